The molecule has 0 aliphatic rings. The fraction of sp³-hybridized carbons (Fsp3) is 0.385. The molecular weight excluding hydrogens is 220 g/mol. The largest absolute Gasteiger partial charge is 0.497 e. The Kier molecular flexibility index (Phi) is 4.26. The number of rotatable bonds is 4. The van der Waals surface area contributed by atoms with Gasteiger partial charge in [-0.1, -0.05) is 0 Å². The molecule has 1 aromatic carbocycles. The van der Waals surface area contributed by atoms with Crippen molar-refractivity contribution in [1.82, 2.24) is 0 Å². The van der Waals surface area contributed by atoms with Crippen LogP contribution in [0, 0.1) is 12.8 Å². The van der Waals surface area contributed by atoms with Gasteiger partial charge in [-0.05, 0) is 37.6 Å². The van der Waals surface area contributed by atoms with Crippen LogP contribution in [-0.2, 0) is 9.53 Å². The number of benzene rings is 1. The molecule has 4 heteroatoms. The van der Waals surface area contributed by atoms with Crippen LogP contribution >= 0.6 is 0 Å². The van der Waals surface area contributed by atoms with Crippen molar-refractivity contribution in [2.75, 3.05) is 14.2 Å². The predicted octanol–water partition coefficient (Wildman–Crippen LogP) is 2.00. The van der Waals surface area contributed by atoms with Crippen molar-refractivity contribution in [2.24, 2.45) is 5.92 Å². The van der Waals surface area contributed by atoms with Crippen LogP contribution in [0.3, 0.4) is 0 Å². The fourth-order valence-corrected chi connectivity index (χ4v) is 1.56. The van der Waals surface area contributed by atoms with Gasteiger partial charge in [0.05, 0.1) is 14.2 Å². The Morgan fingerprint density at radius 1 is 1.24 bits per heavy atom. The highest BCUT2D eigenvalue weighted by Crippen LogP contribution is 2.20. The first-order chi connectivity index (χ1) is 8.01. The number of carbonyl (C=O) groups is 2. The first-order valence-corrected chi connectivity index (χ1v) is 5.28. The quantitative estimate of drug-likeness (QED) is 0.456. The number of ketones is 1. The normalized spacial score (nSPS) is 11.8. The van der Waals surface area contributed by atoms with Gasteiger partial charge < -0.3 is 9.47 Å². The van der Waals surface area contributed by atoms with E-state index in [2.05, 4.69) is 4.74 Å². The number of hydrogen-bond donors (Lipinski definition) is 0. The Hall–Kier alpha value is -1.84. The van der Waals surface area contributed by atoms with Gasteiger partial charge in [0.15, 0.2) is 5.78 Å². The molecule has 0 amide bonds. The SMILES string of the molecule is COC(=O)C(C)C(=O)c1ccc(OC)cc1C. The molecule has 0 spiro atoms. The Bertz CT molecular complexity index is 437. The number of carbonyl (C=O) groups excluding carboxylic acids is 2. The van der Waals surface area contributed by atoms with Crippen LogP contribution in [-0.4, -0.2) is 26.0 Å². The number of aryl methyl sites for hydroxylation is 1. The molecule has 1 aromatic rings. The molecular formula is C13H16O4. The lowest BCUT2D eigenvalue weighted by Crippen LogP contribution is -2.23. The van der Waals surface area contributed by atoms with Crippen LogP contribution in [0.2, 0.25) is 0 Å². The third-order valence-electron chi connectivity index (χ3n) is 2.65. The van der Waals surface area contributed by atoms with Crippen LogP contribution in [0.1, 0.15) is 22.8 Å². The molecule has 17 heavy (non-hydrogen) atoms. The molecule has 1 rings (SSSR count). The van der Waals surface area contributed by atoms with E-state index in [4.69, 9.17) is 4.74 Å². The van der Waals surface area contributed by atoms with E-state index in [1.54, 1.807) is 32.2 Å². The fourth-order valence-electron chi connectivity index (χ4n) is 1.56. The van der Waals surface area contributed by atoms with Crippen molar-refractivity contribution in [2.45, 2.75) is 13.8 Å². The van der Waals surface area contributed by atoms with Crippen molar-refractivity contribution in [3.05, 3.63) is 29.3 Å². The van der Waals surface area contributed by atoms with Crippen molar-refractivity contribution in [3.8, 4) is 5.75 Å². The second kappa shape index (κ2) is 5.48. The maximum absolute atomic E-state index is 12.0. The second-order valence-electron chi connectivity index (χ2n) is 3.79. The minimum absolute atomic E-state index is 0.239. The maximum Gasteiger partial charge on any atom is 0.316 e. The topological polar surface area (TPSA) is 52.6 Å². The van der Waals surface area contributed by atoms with E-state index in [9.17, 15) is 9.59 Å². The summed E-state index contributed by atoms with van der Waals surface area (Å²) in [6.45, 7) is 3.34. The number of esters is 1. The van der Waals surface area contributed by atoms with Crippen molar-refractivity contribution >= 4 is 11.8 Å². The summed E-state index contributed by atoms with van der Waals surface area (Å²) in [7, 11) is 2.83. The van der Waals surface area contributed by atoms with Crippen LogP contribution < -0.4 is 4.74 Å². The van der Waals surface area contributed by atoms with Gasteiger partial charge in [0.25, 0.3) is 0 Å². The van der Waals surface area contributed by atoms with Gasteiger partial charge in [0.2, 0.25) is 0 Å². The van der Waals surface area contributed by atoms with Crippen LogP contribution in [0.25, 0.3) is 0 Å². The van der Waals surface area contributed by atoms with Crippen LogP contribution in [0.4, 0.5) is 0 Å². The lowest BCUT2D eigenvalue weighted by Gasteiger charge is -2.11. The summed E-state index contributed by atoms with van der Waals surface area (Å²) in [5.41, 5.74) is 1.30. The van der Waals surface area contributed by atoms with Gasteiger partial charge in [-0.2, -0.15) is 0 Å². The minimum atomic E-state index is -0.785. The summed E-state index contributed by atoms with van der Waals surface area (Å²) in [5, 5.41) is 0. The molecule has 0 fully saturated rings. The lowest BCUT2D eigenvalue weighted by molar-refractivity contribution is -0.143. The standard InChI is InChI=1S/C13H16O4/c1-8-7-10(16-3)5-6-11(8)12(14)9(2)13(15)17-4/h5-7,9H,1-4H3. The van der Waals surface area contributed by atoms with Gasteiger partial charge in [0, 0.05) is 5.56 Å². The van der Waals surface area contributed by atoms with E-state index in [0.717, 1.165) is 5.56 Å². The summed E-state index contributed by atoms with van der Waals surface area (Å²) in [6.07, 6.45) is 0. The molecule has 4 nitrogen and oxygen atoms in total. The van der Waals surface area contributed by atoms with Crippen molar-refractivity contribution in [3.63, 3.8) is 0 Å². The van der Waals surface area contributed by atoms with Gasteiger partial charge in [0.1, 0.15) is 11.7 Å². The number of hydrogen-bond acceptors (Lipinski definition) is 4. The minimum Gasteiger partial charge on any atom is -0.497 e. The zero-order valence-electron chi connectivity index (χ0n) is 10.4. The van der Waals surface area contributed by atoms with E-state index >= 15 is 0 Å². The third-order valence-corrected chi connectivity index (χ3v) is 2.65. The first-order valence-electron chi connectivity index (χ1n) is 5.28. The zero-order chi connectivity index (χ0) is 13.0. The monoisotopic (exact) mass is 236 g/mol. The Morgan fingerprint density at radius 2 is 1.88 bits per heavy atom. The Balaban J connectivity index is 3.01. The molecule has 0 bridgehead atoms. The summed E-state index contributed by atoms with van der Waals surface area (Å²) in [6, 6.07) is 5.12. The van der Waals surface area contributed by atoms with Gasteiger partial charge in [-0.3, -0.25) is 9.59 Å². The molecule has 0 saturated carbocycles. The molecule has 0 N–H and O–H groups in total. The Morgan fingerprint density at radius 3 is 2.35 bits per heavy atom. The molecule has 0 saturated heterocycles. The number of methoxy groups -OCH3 is 2. The second-order valence-corrected chi connectivity index (χ2v) is 3.79. The molecule has 0 heterocycles. The molecule has 0 aliphatic heterocycles. The Labute approximate surface area is 101 Å². The number of ether oxygens (including phenoxy) is 2. The first kappa shape index (κ1) is 13.2. The van der Waals surface area contributed by atoms with Crippen LogP contribution in [0.5, 0.6) is 5.75 Å². The van der Waals surface area contributed by atoms with E-state index in [-0.39, 0.29) is 5.78 Å². The highest BCUT2D eigenvalue weighted by atomic mass is 16.5. The molecule has 1 atom stereocenters. The molecule has 0 radical (unpaired) electrons. The van der Waals surface area contributed by atoms with E-state index < -0.39 is 11.9 Å². The lowest BCUT2D eigenvalue weighted by atomic mass is 9.96. The average Bonchev–Trinajstić information content (AvgIpc) is 2.35. The highest BCUT2D eigenvalue weighted by Gasteiger charge is 2.24. The highest BCUT2D eigenvalue weighted by molar-refractivity contribution is 6.09. The zero-order valence-corrected chi connectivity index (χ0v) is 10.4. The molecule has 1 unspecified atom stereocenters. The smallest absolute Gasteiger partial charge is 0.316 e. The van der Waals surface area contributed by atoms with E-state index in [1.165, 1.54) is 14.0 Å². The van der Waals surface area contributed by atoms with Crippen LogP contribution in [0.15, 0.2) is 18.2 Å². The van der Waals surface area contributed by atoms with E-state index in [0.29, 0.717) is 11.3 Å². The van der Waals surface area contributed by atoms with Crippen molar-refractivity contribution in [1.29, 1.82) is 0 Å². The molecule has 0 aliphatic carbocycles. The maximum atomic E-state index is 12.0. The summed E-state index contributed by atoms with van der Waals surface area (Å²) >= 11 is 0. The average molecular weight is 236 g/mol. The van der Waals surface area contributed by atoms with Crippen molar-refractivity contribution < 1.29 is 19.1 Å². The summed E-state index contributed by atoms with van der Waals surface area (Å²) in [4.78, 5) is 23.3. The van der Waals surface area contributed by atoms with E-state index in [1.807, 2.05) is 0 Å². The third kappa shape index (κ3) is 2.84. The van der Waals surface area contributed by atoms with Gasteiger partial charge in [-0.15, -0.1) is 0 Å². The molecule has 92 valence electrons. The summed E-state index contributed by atoms with van der Waals surface area (Å²) in [5.74, 6) is -0.862. The summed E-state index contributed by atoms with van der Waals surface area (Å²) < 4.78 is 9.61. The van der Waals surface area contributed by atoms with Gasteiger partial charge >= 0.3 is 5.97 Å². The number of Topliss-reactive ketones (excluding diaryl/α,β-unsaturated/α-hetero) is 1. The van der Waals surface area contributed by atoms with Gasteiger partial charge in [-0.25, -0.2) is 0 Å². The predicted molar refractivity (Wildman–Crippen MR) is 63.2 cm³/mol. The molecule has 0 aromatic heterocycles.